The van der Waals surface area contributed by atoms with Gasteiger partial charge in [-0.25, -0.2) is 0 Å². The van der Waals surface area contributed by atoms with Crippen molar-refractivity contribution < 1.29 is 13.9 Å². The quantitative estimate of drug-likeness (QED) is 0.794. The molecule has 2 aromatic rings. The monoisotopic (exact) mass is 341 g/mol. The van der Waals surface area contributed by atoms with Crippen molar-refractivity contribution in [3.8, 4) is 5.75 Å². The molecular weight excluding hydrogens is 314 g/mol. The SMILES string of the molecule is CCOc1ccc2oc(C(=O)N3CCC[C@@H]4CCCC[C@H]43)c(C)c2c1. The Hall–Kier alpha value is -1.97. The summed E-state index contributed by atoms with van der Waals surface area (Å²) in [5.41, 5.74) is 1.70. The fraction of sp³-hybridized carbons (Fsp3) is 0.571. The van der Waals surface area contributed by atoms with E-state index < -0.39 is 0 Å². The maximum absolute atomic E-state index is 13.3. The third kappa shape index (κ3) is 2.92. The topological polar surface area (TPSA) is 42.7 Å². The first-order chi connectivity index (χ1) is 12.2. The zero-order chi connectivity index (χ0) is 17.4. The van der Waals surface area contributed by atoms with Crippen LogP contribution < -0.4 is 4.74 Å². The lowest BCUT2D eigenvalue weighted by atomic mass is 9.78. The van der Waals surface area contributed by atoms with Crippen LogP contribution in [0.25, 0.3) is 11.0 Å². The standard InChI is InChI=1S/C21H27NO3/c1-3-24-16-10-11-19-17(13-16)14(2)20(25-19)21(23)22-12-6-8-15-7-4-5-9-18(15)22/h10-11,13,15,18H,3-9,12H2,1-2H3/t15-,18+/m0/s1. The first-order valence-corrected chi connectivity index (χ1v) is 9.66. The molecule has 1 amide bonds. The van der Waals surface area contributed by atoms with E-state index in [2.05, 4.69) is 4.90 Å². The van der Waals surface area contributed by atoms with E-state index in [0.717, 1.165) is 41.7 Å². The zero-order valence-electron chi connectivity index (χ0n) is 15.2. The molecule has 1 aliphatic heterocycles. The van der Waals surface area contributed by atoms with Crippen LogP contribution in [0.3, 0.4) is 0 Å². The highest BCUT2D eigenvalue weighted by molar-refractivity contribution is 5.99. The second-order valence-corrected chi connectivity index (χ2v) is 7.40. The molecule has 4 nitrogen and oxygen atoms in total. The van der Waals surface area contributed by atoms with Gasteiger partial charge in [0.15, 0.2) is 5.76 Å². The van der Waals surface area contributed by atoms with E-state index in [-0.39, 0.29) is 5.91 Å². The molecule has 2 heterocycles. The zero-order valence-corrected chi connectivity index (χ0v) is 15.2. The molecule has 1 saturated heterocycles. The first-order valence-electron chi connectivity index (χ1n) is 9.66. The molecule has 134 valence electrons. The fourth-order valence-corrected chi connectivity index (χ4v) is 4.67. The summed E-state index contributed by atoms with van der Waals surface area (Å²) in [4.78, 5) is 15.4. The number of piperidine rings is 1. The predicted octanol–water partition coefficient (Wildman–Crippen LogP) is 4.93. The Morgan fingerprint density at radius 3 is 2.88 bits per heavy atom. The smallest absolute Gasteiger partial charge is 0.290 e. The van der Waals surface area contributed by atoms with Crippen LogP contribution >= 0.6 is 0 Å². The van der Waals surface area contributed by atoms with Gasteiger partial charge < -0.3 is 14.1 Å². The highest BCUT2D eigenvalue weighted by Crippen LogP contribution is 2.37. The minimum absolute atomic E-state index is 0.0725. The normalized spacial score (nSPS) is 23.5. The van der Waals surface area contributed by atoms with Crippen molar-refractivity contribution in [1.29, 1.82) is 0 Å². The summed E-state index contributed by atoms with van der Waals surface area (Å²) in [6, 6.07) is 6.19. The van der Waals surface area contributed by atoms with Crippen LogP contribution in [0.1, 0.15) is 61.6 Å². The van der Waals surface area contributed by atoms with Gasteiger partial charge in [-0.15, -0.1) is 0 Å². The van der Waals surface area contributed by atoms with Crippen molar-refractivity contribution in [2.75, 3.05) is 13.2 Å². The Labute approximate surface area is 149 Å². The third-order valence-electron chi connectivity index (χ3n) is 5.92. The number of benzene rings is 1. The van der Waals surface area contributed by atoms with Crippen molar-refractivity contribution in [2.45, 2.75) is 58.4 Å². The molecule has 1 saturated carbocycles. The van der Waals surface area contributed by atoms with Gasteiger partial charge in [-0.3, -0.25) is 4.79 Å². The molecule has 2 atom stereocenters. The van der Waals surface area contributed by atoms with E-state index in [1.807, 2.05) is 32.0 Å². The van der Waals surface area contributed by atoms with Crippen LogP contribution in [0.5, 0.6) is 5.75 Å². The molecule has 0 spiro atoms. The van der Waals surface area contributed by atoms with E-state index in [9.17, 15) is 4.79 Å². The van der Waals surface area contributed by atoms with E-state index in [1.54, 1.807) is 0 Å². The van der Waals surface area contributed by atoms with Crippen molar-refractivity contribution in [1.82, 2.24) is 4.90 Å². The van der Waals surface area contributed by atoms with Gasteiger partial charge in [-0.1, -0.05) is 12.8 Å². The third-order valence-corrected chi connectivity index (χ3v) is 5.92. The molecule has 0 bridgehead atoms. The lowest BCUT2D eigenvalue weighted by molar-refractivity contribution is 0.0363. The number of rotatable bonds is 3. The number of fused-ring (bicyclic) bond motifs is 2. The van der Waals surface area contributed by atoms with Crippen LogP contribution in [0, 0.1) is 12.8 Å². The van der Waals surface area contributed by atoms with Crippen LogP contribution in [0.15, 0.2) is 22.6 Å². The van der Waals surface area contributed by atoms with Crippen LogP contribution in [-0.2, 0) is 0 Å². The number of aryl methyl sites for hydroxylation is 1. The molecule has 1 aromatic carbocycles. The van der Waals surface area contributed by atoms with Crippen molar-refractivity contribution >= 4 is 16.9 Å². The average molecular weight is 341 g/mol. The first kappa shape index (κ1) is 16.5. The van der Waals surface area contributed by atoms with Gasteiger partial charge >= 0.3 is 0 Å². The number of carbonyl (C=O) groups is 1. The number of likely N-dealkylation sites (tertiary alicyclic amines) is 1. The number of carbonyl (C=O) groups excluding carboxylic acids is 1. The second-order valence-electron chi connectivity index (χ2n) is 7.40. The summed E-state index contributed by atoms with van der Waals surface area (Å²) in [6.45, 7) is 5.45. The minimum Gasteiger partial charge on any atom is -0.494 e. The lowest BCUT2D eigenvalue weighted by Crippen LogP contribution is -2.49. The minimum atomic E-state index is 0.0725. The highest BCUT2D eigenvalue weighted by Gasteiger charge is 2.37. The number of ether oxygens (including phenoxy) is 1. The van der Waals surface area contributed by atoms with Crippen LogP contribution in [-0.4, -0.2) is 30.0 Å². The summed E-state index contributed by atoms with van der Waals surface area (Å²) < 4.78 is 11.6. The van der Waals surface area contributed by atoms with Gasteiger partial charge in [0.1, 0.15) is 11.3 Å². The fourth-order valence-electron chi connectivity index (χ4n) is 4.67. The van der Waals surface area contributed by atoms with E-state index in [1.165, 1.54) is 25.7 Å². The Morgan fingerprint density at radius 2 is 2.04 bits per heavy atom. The number of hydrogen-bond donors (Lipinski definition) is 0. The highest BCUT2D eigenvalue weighted by atomic mass is 16.5. The molecule has 4 rings (SSSR count). The second kappa shape index (κ2) is 6.74. The van der Waals surface area contributed by atoms with Crippen molar-refractivity contribution in [3.05, 3.63) is 29.5 Å². The summed E-state index contributed by atoms with van der Waals surface area (Å²) in [5, 5.41) is 0.978. The molecular formula is C21H27NO3. The van der Waals surface area contributed by atoms with Crippen LogP contribution in [0.2, 0.25) is 0 Å². The summed E-state index contributed by atoms with van der Waals surface area (Å²) in [6.07, 6.45) is 7.34. The maximum atomic E-state index is 13.3. The molecule has 25 heavy (non-hydrogen) atoms. The lowest BCUT2D eigenvalue weighted by Gasteiger charge is -2.43. The Kier molecular flexibility index (Phi) is 4.45. The summed E-state index contributed by atoms with van der Waals surface area (Å²) in [5.74, 6) is 2.09. The molecule has 4 heteroatoms. The maximum Gasteiger partial charge on any atom is 0.290 e. The average Bonchev–Trinajstić information content (AvgIpc) is 2.97. The Morgan fingerprint density at radius 1 is 1.24 bits per heavy atom. The number of amides is 1. The number of furan rings is 1. The molecule has 1 aromatic heterocycles. The molecule has 0 radical (unpaired) electrons. The van der Waals surface area contributed by atoms with Gasteiger partial charge in [0.25, 0.3) is 5.91 Å². The summed E-state index contributed by atoms with van der Waals surface area (Å²) >= 11 is 0. The van der Waals surface area contributed by atoms with E-state index in [4.69, 9.17) is 9.15 Å². The Balaban J connectivity index is 1.66. The van der Waals surface area contributed by atoms with E-state index >= 15 is 0 Å². The van der Waals surface area contributed by atoms with Crippen molar-refractivity contribution in [3.63, 3.8) is 0 Å². The van der Waals surface area contributed by atoms with Gasteiger partial charge in [-0.05, 0) is 63.6 Å². The number of hydrogen-bond acceptors (Lipinski definition) is 3. The largest absolute Gasteiger partial charge is 0.494 e. The van der Waals surface area contributed by atoms with Gasteiger partial charge in [0, 0.05) is 23.5 Å². The van der Waals surface area contributed by atoms with Gasteiger partial charge in [0.2, 0.25) is 0 Å². The van der Waals surface area contributed by atoms with Crippen LogP contribution in [0.4, 0.5) is 0 Å². The molecule has 1 aliphatic carbocycles. The summed E-state index contributed by atoms with van der Waals surface area (Å²) in [7, 11) is 0. The van der Waals surface area contributed by atoms with Crippen molar-refractivity contribution in [2.24, 2.45) is 5.92 Å². The van der Waals surface area contributed by atoms with Gasteiger partial charge in [0.05, 0.1) is 6.61 Å². The number of nitrogens with zero attached hydrogens (tertiary/aromatic N) is 1. The predicted molar refractivity (Wildman–Crippen MR) is 98.1 cm³/mol. The molecule has 2 fully saturated rings. The molecule has 0 unspecified atom stereocenters. The van der Waals surface area contributed by atoms with Gasteiger partial charge in [-0.2, -0.15) is 0 Å². The van der Waals surface area contributed by atoms with E-state index in [0.29, 0.717) is 24.3 Å². The Bertz CT molecular complexity index is 777. The molecule has 0 N–H and O–H groups in total. The molecule has 2 aliphatic rings.